The minimum absolute atomic E-state index is 0.332. The molecule has 0 aliphatic carbocycles. The van der Waals surface area contributed by atoms with Crippen LogP contribution in [0.5, 0.6) is 6.01 Å². The molecule has 2 N–H and O–H groups in total. The Balaban J connectivity index is 2.06. The van der Waals surface area contributed by atoms with Gasteiger partial charge in [0, 0.05) is 11.9 Å². The fourth-order valence-electron chi connectivity index (χ4n) is 1.43. The van der Waals surface area contributed by atoms with E-state index in [1.165, 1.54) is 0 Å². The van der Waals surface area contributed by atoms with Crippen LogP contribution in [-0.2, 0) is 6.54 Å². The van der Waals surface area contributed by atoms with Crippen molar-refractivity contribution >= 4 is 23.2 Å². The van der Waals surface area contributed by atoms with Gasteiger partial charge in [-0.3, -0.25) is 0 Å². The molecule has 2 aromatic rings. The Labute approximate surface area is 121 Å². The number of thiazole rings is 1. The fourth-order valence-corrected chi connectivity index (χ4v) is 1.98. The van der Waals surface area contributed by atoms with Gasteiger partial charge in [-0.15, -0.1) is 11.3 Å². The summed E-state index contributed by atoms with van der Waals surface area (Å²) < 4.78 is 5.46. The van der Waals surface area contributed by atoms with E-state index in [9.17, 15) is 0 Å². The number of hydrogen-bond donors (Lipinski definition) is 2. The molecule has 0 spiro atoms. The standard InChI is InChI=1S/C12H18N6OS/c1-3-5-19-12-17-10(13-4-2)16-11(18-12)14-6-9-7-20-8-15-9/h7-8H,3-6H2,1-2H3,(H2,13,14,16,17,18). The monoisotopic (exact) mass is 294 g/mol. The van der Waals surface area contributed by atoms with Crippen LogP contribution in [-0.4, -0.2) is 33.1 Å². The van der Waals surface area contributed by atoms with Gasteiger partial charge in [-0.2, -0.15) is 15.0 Å². The van der Waals surface area contributed by atoms with Crippen LogP contribution in [0.15, 0.2) is 10.9 Å². The Hall–Kier alpha value is -1.96. The van der Waals surface area contributed by atoms with Crippen molar-refractivity contribution in [2.45, 2.75) is 26.8 Å². The third kappa shape index (κ3) is 4.30. The van der Waals surface area contributed by atoms with Crippen molar-refractivity contribution in [2.75, 3.05) is 23.8 Å². The summed E-state index contributed by atoms with van der Waals surface area (Å²) in [5, 5.41) is 8.17. The van der Waals surface area contributed by atoms with E-state index < -0.39 is 0 Å². The second kappa shape index (κ2) is 7.59. The Morgan fingerprint density at radius 1 is 1.15 bits per heavy atom. The van der Waals surface area contributed by atoms with E-state index in [1.807, 2.05) is 19.2 Å². The average molecular weight is 294 g/mol. The average Bonchev–Trinajstić information content (AvgIpc) is 2.96. The normalized spacial score (nSPS) is 10.3. The largest absolute Gasteiger partial charge is 0.463 e. The highest BCUT2D eigenvalue weighted by molar-refractivity contribution is 7.07. The highest BCUT2D eigenvalue weighted by Gasteiger charge is 2.07. The molecule has 20 heavy (non-hydrogen) atoms. The van der Waals surface area contributed by atoms with Crippen molar-refractivity contribution in [3.8, 4) is 6.01 Å². The molecule has 0 unspecified atom stereocenters. The molecule has 0 aromatic carbocycles. The molecular weight excluding hydrogens is 276 g/mol. The molecule has 0 radical (unpaired) electrons. The number of nitrogens with one attached hydrogen (secondary N) is 2. The van der Waals surface area contributed by atoms with Gasteiger partial charge in [-0.05, 0) is 13.3 Å². The lowest BCUT2D eigenvalue weighted by atomic mass is 10.5. The topological polar surface area (TPSA) is 84.9 Å². The Bertz CT molecular complexity index is 519. The maximum Gasteiger partial charge on any atom is 0.323 e. The molecule has 0 saturated heterocycles. The van der Waals surface area contributed by atoms with Gasteiger partial charge in [-0.25, -0.2) is 4.98 Å². The first-order valence-corrected chi connectivity index (χ1v) is 7.49. The number of ether oxygens (including phenoxy) is 1. The Morgan fingerprint density at radius 3 is 2.60 bits per heavy atom. The zero-order valence-electron chi connectivity index (χ0n) is 11.6. The molecule has 8 heteroatoms. The molecule has 0 bridgehead atoms. The van der Waals surface area contributed by atoms with Crippen LogP contribution < -0.4 is 15.4 Å². The number of hydrogen-bond acceptors (Lipinski definition) is 8. The van der Waals surface area contributed by atoms with Crippen molar-refractivity contribution < 1.29 is 4.74 Å². The molecule has 0 atom stereocenters. The van der Waals surface area contributed by atoms with Crippen LogP contribution in [0.1, 0.15) is 26.0 Å². The second-order valence-electron chi connectivity index (χ2n) is 3.98. The molecule has 2 aromatic heterocycles. The van der Waals surface area contributed by atoms with Gasteiger partial charge < -0.3 is 15.4 Å². The Kier molecular flexibility index (Phi) is 5.48. The minimum atomic E-state index is 0.332. The van der Waals surface area contributed by atoms with E-state index in [2.05, 4.69) is 30.6 Å². The summed E-state index contributed by atoms with van der Waals surface area (Å²) >= 11 is 1.56. The van der Waals surface area contributed by atoms with Crippen LogP contribution in [0, 0.1) is 0 Å². The third-order valence-corrected chi connectivity index (χ3v) is 2.93. The SMILES string of the molecule is CCCOc1nc(NCC)nc(NCc2cscn2)n1. The van der Waals surface area contributed by atoms with E-state index in [4.69, 9.17) is 4.74 Å². The quantitative estimate of drug-likeness (QED) is 0.771. The molecule has 108 valence electrons. The molecule has 2 rings (SSSR count). The summed E-state index contributed by atoms with van der Waals surface area (Å²) in [6.07, 6.45) is 0.907. The zero-order valence-corrected chi connectivity index (χ0v) is 12.4. The predicted molar refractivity (Wildman–Crippen MR) is 79.2 cm³/mol. The molecule has 2 heterocycles. The van der Waals surface area contributed by atoms with Gasteiger partial charge in [-0.1, -0.05) is 6.92 Å². The van der Waals surface area contributed by atoms with Crippen molar-refractivity contribution in [3.05, 3.63) is 16.6 Å². The molecule has 0 aliphatic rings. The maximum absolute atomic E-state index is 5.46. The molecule has 0 fully saturated rings. The summed E-state index contributed by atoms with van der Waals surface area (Å²) in [6.45, 7) is 5.92. The van der Waals surface area contributed by atoms with Gasteiger partial charge in [0.15, 0.2) is 0 Å². The molecular formula is C12H18N6OS. The van der Waals surface area contributed by atoms with Crippen molar-refractivity contribution in [2.24, 2.45) is 0 Å². The first kappa shape index (κ1) is 14.4. The summed E-state index contributed by atoms with van der Waals surface area (Å²) in [4.78, 5) is 16.9. The number of rotatable bonds is 8. The van der Waals surface area contributed by atoms with Crippen LogP contribution >= 0.6 is 11.3 Å². The first-order valence-electron chi connectivity index (χ1n) is 6.55. The number of aromatic nitrogens is 4. The summed E-state index contributed by atoms with van der Waals surface area (Å²) in [7, 11) is 0. The van der Waals surface area contributed by atoms with Gasteiger partial charge >= 0.3 is 6.01 Å². The van der Waals surface area contributed by atoms with Gasteiger partial charge in [0.05, 0.1) is 24.4 Å². The van der Waals surface area contributed by atoms with Gasteiger partial charge in [0.2, 0.25) is 11.9 Å². The van der Waals surface area contributed by atoms with Gasteiger partial charge in [0.25, 0.3) is 0 Å². The summed E-state index contributed by atoms with van der Waals surface area (Å²) in [5.41, 5.74) is 2.75. The van der Waals surface area contributed by atoms with Crippen LogP contribution in [0.3, 0.4) is 0 Å². The number of nitrogens with zero attached hydrogens (tertiary/aromatic N) is 4. The lowest BCUT2D eigenvalue weighted by Crippen LogP contribution is -2.11. The van der Waals surface area contributed by atoms with E-state index in [1.54, 1.807) is 16.8 Å². The Morgan fingerprint density at radius 2 is 1.95 bits per heavy atom. The lowest BCUT2D eigenvalue weighted by Gasteiger charge is -2.09. The van der Waals surface area contributed by atoms with Crippen molar-refractivity contribution in [1.82, 2.24) is 19.9 Å². The van der Waals surface area contributed by atoms with Gasteiger partial charge in [0.1, 0.15) is 0 Å². The minimum Gasteiger partial charge on any atom is -0.463 e. The van der Waals surface area contributed by atoms with E-state index >= 15 is 0 Å². The third-order valence-electron chi connectivity index (χ3n) is 2.30. The fraction of sp³-hybridized carbons (Fsp3) is 0.500. The predicted octanol–water partition coefficient (Wildman–Crippen LogP) is 2.16. The first-order chi connectivity index (χ1) is 9.81. The number of anilines is 2. The van der Waals surface area contributed by atoms with E-state index in [-0.39, 0.29) is 0 Å². The van der Waals surface area contributed by atoms with Crippen LogP contribution in [0.2, 0.25) is 0 Å². The summed E-state index contributed by atoms with van der Waals surface area (Å²) in [5.74, 6) is 0.990. The summed E-state index contributed by atoms with van der Waals surface area (Å²) in [6, 6.07) is 0.332. The second-order valence-corrected chi connectivity index (χ2v) is 4.70. The lowest BCUT2D eigenvalue weighted by molar-refractivity contribution is 0.292. The maximum atomic E-state index is 5.46. The highest BCUT2D eigenvalue weighted by Crippen LogP contribution is 2.12. The smallest absolute Gasteiger partial charge is 0.323 e. The molecule has 7 nitrogen and oxygen atoms in total. The van der Waals surface area contributed by atoms with E-state index in [0.717, 1.165) is 18.7 Å². The highest BCUT2D eigenvalue weighted by atomic mass is 32.1. The molecule has 0 aliphatic heterocycles. The van der Waals surface area contributed by atoms with Crippen LogP contribution in [0.25, 0.3) is 0 Å². The van der Waals surface area contributed by atoms with Crippen molar-refractivity contribution in [3.63, 3.8) is 0 Å². The molecule has 0 amide bonds. The van der Waals surface area contributed by atoms with Crippen molar-refractivity contribution in [1.29, 1.82) is 0 Å². The molecule has 0 saturated carbocycles. The van der Waals surface area contributed by atoms with Crippen LogP contribution in [0.4, 0.5) is 11.9 Å². The van der Waals surface area contributed by atoms with E-state index in [0.29, 0.717) is 31.1 Å². The zero-order chi connectivity index (χ0) is 14.2.